The van der Waals surface area contributed by atoms with Crippen molar-refractivity contribution in [1.29, 1.82) is 0 Å². The summed E-state index contributed by atoms with van der Waals surface area (Å²) in [5.74, 6) is 0.575. The molecule has 1 saturated heterocycles. The first-order valence-electron chi connectivity index (χ1n) is 7.18. The Balaban J connectivity index is 2.48. The molecule has 2 N–H and O–H groups in total. The highest BCUT2D eigenvalue weighted by Crippen LogP contribution is 2.36. The van der Waals surface area contributed by atoms with Crippen molar-refractivity contribution in [2.75, 3.05) is 11.5 Å². The van der Waals surface area contributed by atoms with Crippen molar-refractivity contribution in [3.8, 4) is 0 Å². The number of hydrogen-bond donors (Lipinski definition) is 1. The average molecular weight is 295 g/mol. The first-order valence-corrected chi connectivity index (χ1v) is 9.00. The van der Waals surface area contributed by atoms with Gasteiger partial charge in [0, 0.05) is 6.04 Å². The van der Waals surface area contributed by atoms with E-state index in [0.717, 1.165) is 5.56 Å². The Morgan fingerprint density at radius 2 is 1.40 bits per heavy atom. The molecule has 0 radical (unpaired) electrons. The molecule has 20 heavy (non-hydrogen) atoms. The van der Waals surface area contributed by atoms with Gasteiger partial charge in [-0.2, -0.15) is 0 Å². The predicted octanol–water partition coefficient (Wildman–Crippen LogP) is 2.66. The van der Waals surface area contributed by atoms with Gasteiger partial charge in [0.2, 0.25) is 0 Å². The molecule has 2 rings (SSSR count). The van der Waals surface area contributed by atoms with Crippen molar-refractivity contribution in [1.82, 2.24) is 0 Å². The zero-order chi connectivity index (χ0) is 15.2. The lowest BCUT2D eigenvalue weighted by Gasteiger charge is -2.26. The molecule has 1 aliphatic heterocycles. The van der Waals surface area contributed by atoms with Crippen LogP contribution in [0, 0.1) is 40.5 Å². The third kappa shape index (κ3) is 2.51. The summed E-state index contributed by atoms with van der Waals surface area (Å²) < 4.78 is 23.4. The summed E-state index contributed by atoms with van der Waals surface area (Å²) in [4.78, 5) is 0. The van der Waals surface area contributed by atoms with E-state index in [4.69, 9.17) is 5.73 Å². The van der Waals surface area contributed by atoms with Gasteiger partial charge in [0.25, 0.3) is 0 Å². The van der Waals surface area contributed by atoms with Crippen molar-refractivity contribution >= 4 is 9.84 Å². The van der Waals surface area contributed by atoms with Gasteiger partial charge in [0.1, 0.15) is 0 Å². The van der Waals surface area contributed by atoms with Crippen molar-refractivity contribution in [3.05, 3.63) is 33.4 Å². The van der Waals surface area contributed by atoms with E-state index in [2.05, 4.69) is 34.6 Å². The molecule has 0 saturated carbocycles. The number of hydrogen-bond acceptors (Lipinski definition) is 3. The van der Waals surface area contributed by atoms with Gasteiger partial charge in [-0.1, -0.05) is 0 Å². The highest BCUT2D eigenvalue weighted by molar-refractivity contribution is 7.91. The minimum Gasteiger partial charge on any atom is -0.324 e. The molecule has 1 fully saturated rings. The van der Waals surface area contributed by atoms with E-state index in [9.17, 15) is 8.42 Å². The smallest absolute Gasteiger partial charge is 0.150 e. The van der Waals surface area contributed by atoms with E-state index in [1.54, 1.807) is 0 Å². The Labute approximate surface area is 122 Å². The van der Waals surface area contributed by atoms with E-state index < -0.39 is 9.84 Å². The molecule has 0 spiro atoms. The minimum absolute atomic E-state index is 0.0545. The second kappa shape index (κ2) is 5.15. The van der Waals surface area contributed by atoms with Crippen molar-refractivity contribution in [3.63, 3.8) is 0 Å². The van der Waals surface area contributed by atoms with Crippen LogP contribution in [0.3, 0.4) is 0 Å². The van der Waals surface area contributed by atoms with Gasteiger partial charge in [-0.3, -0.25) is 0 Å². The molecular formula is C16H25NO2S. The summed E-state index contributed by atoms with van der Waals surface area (Å²) in [6.07, 6.45) is 0.689. The maximum atomic E-state index is 11.7. The Morgan fingerprint density at radius 3 is 1.80 bits per heavy atom. The van der Waals surface area contributed by atoms with Crippen LogP contribution in [0.15, 0.2) is 0 Å². The SMILES string of the molecule is Cc1c(C)c(C)c(C(N)C2CCS(=O)(=O)C2)c(C)c1C. The summed E-state index contributed by atoms with van der Waals surface area (Å²) in [5.41, 5.74) is 13.9. The number of benzene rings is 1. The van der Waals surface area contributed by atoms with Crippen LogP contribution in [-0.2, 0) is 9.84 Å². The fourth-order valence-electron chi connectivity index (χ4n) is 3.37. The molecule has 0 aromatic heterocycles. The molecule has 1 aromatic carbocycles. The van der Waals surface area contributed by atoms with Crippen LogP contribution in [0.1, 0.15) is 45.8 Å². The number of nitrogens with two attached hydrogens (primary N) is 1. The van der Waals surface area contributed by atoms with Gasteiger partial charge in [-0.15, -0.1) is 0 Å². The molecule has 4 heteroatoms. The summed E-state index contributed by atoms with van der Waals surface area (Å²) >= 11 is 0. The van der Waals surface area contributed by atoms with E-state index >= 15 is 0 Å². The summed E-state index contributed by atoms with van der Waals surface area (Å²) in [6.45, 7) is 10.6. The Hall–Kier alpha value is -0.870. The summed E-state index contributed by atoms with van der Waals surface area (Å²) in [5, 5.41) is 0. The van der Waals surface area contributed by atoms with Crippen molar-refractivity contribution < 1.29 is 8.42 Å². The molecule has 0 bridgehead atoms. The van der Waals surface area contributed by atoms with Crippen LogP contribution in [0.2, 0.25) is 0 Å². The van der Waals surface area contributed by atoms with Crippen molar-refractivity contribution in [2.45, 2.75) is 47.1 Å². The monoisotopic (exact) mass is 295 g/mol. The largest absolute Gasteiger partial charge is 0.324 e. The van der Waals surface area contributed by atoms with Gasteiger partial charge in [-0.05, 0) is 80.3 Å². The van der Waals surface area contributed by atoms with Crippen molar-refractivity contribution in [2.24, 2.45) is 11.7 Å². The molecule has 2 unspecified atom stereocenters. The fourth-order valence-corrected chi connectivity index (χ4v) is 5.23. The van der Waals surface area contributed by atoms with E-state index in [1.807, 2.05) is 0 Å². The molecular weight excluding hydrogens is 270 g/mol. The lowest BCUT2D eigenvalue weighted by molar-refractivity contribution is 0.476. The molecule has 0 amide bonds. The molecule has 0 aliphatic carbocycles. The zero-order valence-electron chi connectivity index (χ0n) is 13.1. The van der Waals surface area contributed by atoms with Crippen LogP contribution in [0.25, 0.3) is 0 Å². The molecule has 112 valence electrons. The maximum absolute atomic E-state index is 11.7. The maximum Gasteiger partial charge on any atom is 0.150 e. The summed E-state index contributed by atoms with van der Waals surface area (Å²) in [7, 11) is -2.88. The quantitative estimate of drug-likeness (QED) is 0.912. The first kappa shape index (κ1) is 15.5. The number of sulfone groups is 1. The van der Waals surface area contributed by atoms with E-state index in [0.29, 0.717) is 6.42 Å². The molecule has 1 aliphatic rings. The third-order valence-electron chi connectivity index (χ3n) is 5.17. The molecule has 2 atom stereocenters. The van der Waals surface area contributed by atoms with Gasteiger partial charge in [-0.25, -0.2) is 8.42 Å². The topological polar surface area (TPSA) is 60.2 Å². The first-order chi connectivity index (χ1) is 9.15. The normalized spacial score (nSPS) is 23.0. The Kier molecular flexibility index (Phi) is 4.00. The van der Waals surface area contributed by atoms with Crippen LogP contribution in [0.5, 0.6) is 0 Å². The van der Waals surface area contributed by atoms with Gasteiger partial charge in [0.05, 0.1) is 11.5 Å². The van der Waals surface area contributed by atoms with Crippen LogP contribution in [0.4, 0.5) is 0 Å². The highest BCUT2D eigenvalue weighted by atomic mass is 32.2. The zero-order valence-corrected chi connectivity index (χ0v) is 13.9. The van der Waals surface area contributed by atoms with Gasteiger partial charge >= 0.3 is 0 Å². The van der Waals surface area contributed by atoms with Crippen LogP contribution < -0.4 is 5.73 Å². The second-order valence-electron chi connectivity index (χ2n) is 6.23. The molecule has 1 aromatic rings. The second-order valence-corrected chi connectivity index (χ2v) is 8.46. The molecule has 1 heterocycles. The van der Waals surface area contributed by atoms with E-state index in [1.165, 1.54) is 27.8 Å². The number of rotatable bonds is 2. The van der Waals surface area contributed by atoms with E-state index in [-0.39, 0.29) is 23.5 Å². The summed E-state index contributed by atoms with van der Waals surface area (Å²) in [6, 6.07) is -0.176. The lowest BCUT2D eigenvalue weighted by Crippen LogP contribution is -2.25. The minimum atomic E-state index is -2.88. The average Bonchev–Trinajstić information content (AvgIpc) is 2.74. The van der Waals surface area contributed by atoms with Gasteiger partial charge < -0.3 is 5.73 Å². The van der Waals surface area contributed by atoms with Crippen LogP contribution in [-0.4, -0.2) is 19.9 Å². The lowest BCUT2D eigenvalue weighted by atomic mass is 9.82. The fraction of sp³-hybridized carbons (Fsp3) is 0.625. The Morgan fingerprint density at radius 1 is 0.950 bits per heavy atom. The predicted molar refractivity (Wildman–Crippen MR) is 83.8 cm³/mol. The highest BCUT2D eigenvalue weighted by Gasteiger charge is 2.34. The standard InChI is InChI=1S/C16H25NO2S/c1-9-10(2)12(4)15(13(5)11(9)3)16(17)14-6-7-20(18,19)8-14/h14,16H,6-8,17H2,1-5H3. The molecule has 3 nitrogen and oxygen atoms in total. The van der Waals surface area contributed by atoms with Gasteiger partial charge in [0.15, 0.2) is 9.84 Å². The van der Waals surface area contributed by atoms with Crippen LogP contribution >= 0.6 is 0 Å². The third-order valence-corrected chi connectivity index (χ3v) is 6.96. The Bertz CT molecular complexity index is 618.